The van der Waals surface area contributed by atoms with E-state index in [1.165, 1.54) is 32.1 Å². The number of ether oxygens (including phenoxy) is 1. The summed E-state index contributed by atoms with van der Waals surface area (Å²) in [6.07, 6.45) is 9.75. The van der Waals surface area contributed by atoms with E-state index < -0.39 is 0 Å². The summed E-state index contributed by atoms with van der Waals surface area (Å²) in [5.74, 6) is 0. The molecular formula is C17H32N2O. The maximum atomic E-state index is 8.95. The van der Waals surface area contributed by atoms with Gasteiger partial charge in [0, 0.05) is 12.6 Å². The minimum absolute atomic E-state index is 0.178. The van der Waals surface area contributed by atoms with E-state index in [0.717, 1.165) is 32.4 Å². The van der Waals surface area contributed by atoms with Crippen molar-refractivity contribution in [2.24, 2.45) is 5.41 Å². The first-order valence-corrected chi connectivity index (χ1v) is 8.33. The molecule has 0 heterocycles. The zero-order chi connectivity index (χ0) is 14.8. The molecule has 20 heavy (non-hydrogen) atoms. The van der Waals surface area contributed by atoms with Gasteiger partial charge in [-0.15, -0.1) is 0 Å². The largest absolute Gasteiger partial charge is 0.378 e. The first-order valence-electron chi connectivity index (χ1n) is 8.33. The van der Waals surface area contributed by atoms with Gasteiger partial charge in [0.05, 0.1) is 17.6 Å². The molecule has 0 radical (unpaired) electrons. The summed E-state index contributed by atoms with van der Waals surface area (Å²) in [4.78, 5) is 0. The summed E-state index contributed by atoms with van der Waals surface area (Å²) in [6.45, 7) is 8.25. The van der Waals surface area contributed by atoms with Crippen molar-refractivity contribution in [1.82, 2.24) is 5.32 Å². The van der Waals surface area contributed by atoms with Crippen molar-refractivity contribution >= 4 is 0 Å². The fourth-order valence-electron chi connectivity index (χ4n) is 2.76. The van der Waals surface area contributed by atoms with E-state index in [1.807, 2.05) is 13.8 Å². The quantitative estimate of drug-likeness (QED) is 0.648. The Hall–Kier alpha value is -0.590. The molecule has 3 heteroatoms. The van der Waals surface area contributed by atoms with Crippen molar-refractivity contribution in [3.8, 4) is 6.07 Å². The highest BCUT2D eigenvalue weighted by atomic mass is 16.5. The summed E-state index contributed by atoms with van der Waals surface area (Å²) in [5, 5.41) is 12.6. The first kappa shape index (κ1) is 17.5. The third kappa shape index (κ3) is 7.26. The average molecular weight is 280 g/mol. The second kappa shape index (κ2) is 9.37. The topological polar surface area (TPSA) is 45.0 Å². The van der Waals surface area contributed by atoms with E-state index in [9.17, 15) is 0 Å². The maximum Gasteiger partial charge on any atom is 0.0683 e. The van der Waals surface area contributed by atoms with Gasteiger partial charge in [-0.1, -0.05) is 6.92 Å². The van der Waals surface area contributed by atoms with Gasteiger partial charge in [-0.05, 0) is 71.8 Å². The molecule has 3 nitrogen and oxygen atoms in total. The van der Waals surface area contributed by atoms with Gasteiger partial charge < -0.3 is 10.1 Å². The number of nitrogens with one attached hydrogen (secondary N) is 1. The minimum atomic E-state index is -0.178. The van der Waals surface area contributed by atoms with E-state index in [4.69, 9.17) is 10.00 Å². The third-order valence-electron chi connectivity index (χ3n) is 4.21. The Morgan fingerprint density at radius 3 is 2.50 bits per heavy atom. The van der Waals surface area contributed by atoms with Crippen LogP contribution in [0, 0.1) is 16.7 Å². The van der Waals surface area contributed by atoms with Crippen LogP contribution < -0.4 is 5.32 Å². The van der Waals surface area contributed by atoms with Crippen LogP contribution >= 0.6 is 0 Å². The number of hydrogen-bond acceptors (Lipinski definition) is 3. The highest BCUT2D eigenvalue weighted by Crippen LogP contribution is 2.23. The van der Waals surface area contributed by atoms with Crippen LogP contribution in [-0.4, -0.2) is 25.3 Å². The molecule has 1 aliphatic carbocycles. The summed E-state index contributed by atoms with van der Waals surface area (Å²) < 4.78 is 5.97. The Morgan fingerprint density at radius 2 is 1.90 bits per heavy atom. The van der Waals surface area contributed by atoms with Gasteiger partial charge in [-0.3, -0.25) is 0 Å². The van der Waals surface area contributed by atoms with Crippen molar-refractivity contribution in [3.05, 3.63) is 0 Å². The normalized spacial score (nSPS) is 23.5. The number of nitrogens with zero attached hydrogens (tertiary/aromatic N) is 1. The lowest BCUT2D eigenvalue weighted by Crippen LogP contribution is -2.35. The van der Waals surface area contributed by atoms with Crippen LogP contribution in [0.5, 0.6) is 0 Å². The van der Waals surface area contributed by atoms with Crippen molar-refractivity contribution in [3.63, 3.8) is 0 Å². The molecule has 1 rings (SSSR count). The highest BCUT2D eigenvalue weighted by Gasteiger charge is 2.21. The highest BCUT2D eigenvalue weighted by molar-refractivity contribution is 4.91. The van der Waals surface area contributed by atoms with E-state index in [2.05, 4.69) is 18.3 Å². The monoisotopic (exact) mass is 280 g/mol. The molecule has 1 aliphatic rings. The smallest absolute Gasteiger partial charge is 0.0683 e. The van der Waals surface area contributed by atoms with Gasteiger partial charge in [0.15, 0.2) is 0 Å². The molecule has 1 saturated carbocycles. The predicted octanol–water partition coefficient (Wildman–Crippen LogP) is 4.03. The van der Waals surface area contributed by atoms with Crippen LogP contribution in [0.3, 0.4) is 0 Å². The van der Waals surface area contributed by atoms with Crippen LogP contribution in [0.25, 0.3) is 0 Å². The van der Waals surface area contributed by atoms with E-state index >= 15 is 0 Å². The lowest BCUT2D eigenvalue weighted by molar-refractivity contribution is 0.0200. The SMILES string of the molecule is CCCNC1CCC(OCCCCC(C)(C)C#N)CC1. The van der Waals surface area contributed by atoms with E-state index in [1.54, 1.807) is 0 Å². The molecule has 0 aromatic carbocycles. The Labute approximate surface area is 125 Å². The maximum absolute atomic E-state index is 8.95. The third-order valence-corrected chi connectivity index (χ3v) is 4.21. The van der Waals surface area contributed by atoms with Gasteiger partial charge in [0.1, 0.15) is 0 Å². The molecule has 1 fully saturated rings. The van der Waals surface area contributed by atoms with Crippen LogP contribution in [0.15, 0.2) is 0 Å². The van der Waals surface area contributed by atoms with Gasteiger partial charge in [-0.2, -0.15) is 5.26 Å². The van der Waals surface area contributed by atoms with Crippen LogP contribution in [-0.2, 0) is 4.74 Å². The minimum Gasteiger partial charge on any atom is -0.378 e. The number of rotatable bonds is 9. The Bertz CT molecular complexity index is 288. The molecule has 116 valence electrons. The Kier molecular flexibility index (Phi) is 8.18. The van der Waals surface area contributed by atoms with Crippen molar-refractivity contribution in [2.45, 2.75) is 84.3 Å². The zero-order valence-electron chi connectivity index (χ0n) is 13.6. The second-order valence-corrected chi connectivity index (χ2v) is 6.75. The van der Waals surface area contributed by atoms with E-state index in [-0.39, 0.29) is 5.41 Å². The molecule has 1 N–H and O–H groups in total. The summed E-state index contributed by atoms with van der Waals surface area (Å²) in [6, 6.07) is 3.07. The van der Waals surface area contributed by atoms with E-state index in [0.29, 0.717) is 12.1 Å². The molecule has 0 aliphatic heterocycles. The fourth-order valence-corrected chi connectivity index (χ4v) is 2.76. The molecule has 0 unspecified atom stereocenters. The summed E-state index contributed by atoms with van der Waals surface area (Å²) in [5.41, 5.74) is -0.178. The van der Waals surface area contributed by atoms with Gasteiger partial charge in [0.25, 0.3) is 0 Å². The zero-order valence-corrected chi connectivity index (χ0v) is 13.6. The molecule has 0 amide bonds. The molecule has 0 atom stereocenters. The summed E-state index contributed by atoms with van der Waals surface area (Å²) >= 11 is 0. The second-order valence-electron chi connectivity index (χ2n) is 6.75. The van der Waals surface area contributed by atoms with Crippen LogP contribution in [0.2, 0.25) is 0 Å². The number of nitriles is 1. The number of unbranched alkanes of at least 4 members (excludes halogenated alkanes) is 1. The van der Waals surface area contributed by atoms with Crippen molar-refractivity contribution in [2.75, 3.05) is 13.2 Å². The predicted molar refractivity (Wildman–Crippen MR) is 83.5 cm³/mol. The lowest BCUT2D eigenvalue weighted by Gasteiger charge is -2.29. The van der Waals surface area contributed by atoms with Gasteiger partial charge in [-0.25, -0.2) is 0 Å². The molecule has 0 bridgehead atoms. The van der Waals surface area contributed by atoms with Gasteiger partial charge >= 0.3 is 0 Å². The van der Waals surface area contributed by atoms with Crippen LogP contribution in [0.4, 0.5) is 0 Å². The lowest BCUT2D eigenvalue weighted by atomic mass is 9.89. The first-order chi connectivity index (χ1) is 9.57. The molecule has 0 spiro atoms. The number of hydrogen-bond donors (Lipinski definition) is 1. The van der Waals surface area contributed by atoms with Crippen molar-refractivity contribution < 1.29 is 4.74 Å². The Morgan fingerprint density at radius 1 is 1.20 bits per heavy atom. The summed E-state index contributed by atoms with van der Waals surface area (Å²) in [7, 11) is 0. The van der Waals surface area contributed by atoms with Crippen LogP contribution in [0.1, 0.15) is 72.1 Å². The molecule has 0 saturated heterocycles. The standard InChI is InChI=1S/C17H32N2O/c1-4-12-19-15-7-9-16(10-8-15)20-13-6-5-11-17(2,3)14-18/h15-16,19H,4-13H2,1-3H3. The fraction of sp³-hybridized carbons (Fsp3) is 0.941. The van der Waals surface area contributed by atoms with Crippen molar-refractivity contribution in [1.29, 1.82) is 5.26 Å². The van der Waals surface area contributed by atoms with Gasteiger partial charge in [0.2, 0.25) is 0 Å². The Balaban J connectivity index is 2.01. The molecular weight excluding hydrogens is 248 g/mol. The molecule has 0 aromatic rings. The average Bonchev–Trinajstić information content (AvgIpc) is 2.46. The molecule has 0 aromatic heterocycles.